The first kappa shape index (κ1) is 6.66. The highest BCUT2D eigenvalue weighted by Crippen LogP contribution is 2.44. The number of fused-ring (bicyclic) bond motifs is 1. The van der Waals surface area contributed by atoms with E-state index < -0.39 is 0 Å². The molecule has 1 heterocycles. The molecule has 58 valence electrons. The van der Waals surface area contributed by atoms with Crippen LogP contribution in [0.15, 0.2) is 0 Å². The van der Waals surface area contributed by atoms with Crippen LogP contribution >= 0.6 is 0 Å². The van der Waals surface area contributed by atoms with E-state index in [1.54, 1.807) is 0 Å². The maximum absolute atomic E-state index is 3.67. The molecule has 1 unspecified atom stereocenters. The minimum absolute atomic E-state index is 0.480. The highest BCUT2D eigenvalue weighted by molar-refractivity contribution is 5.06. The summed E-state index contributed by atoms with van der Waals surface area (Å²) in [6.45, 7) is 6.99. The Morgan fingerprint density at radius 2 is 1.90 bits per heavy atom. The highest BCUT2D eigenvalue weighted by Gasteiger charge is 2.48. The maximum Gasteiger partial charge on any atom is 0.0121 e. The molecule has 2 aliphatic rings. The first-order valence-corrected chi connectivity index (χ1v) is 4.33. The summed E-state index contributed by atoms with van der Waals surface area (Å²) in [6.07, 6.45) is 2.88. The Labute approximate surface area is 63.2 Å². The van der Waals surface area contributed by atoms with E-state index in [4.69, 9.17) is 0 Å². The van der Waals surface area contributed by atoms with E-state index in [1.807, 2.05) is 0 Å². The Balaban J connectivity index is 1.97. The van der Waals surface area contributed by atoms with Gasteiger partial charge in [-0.1, -0.05) is 20.8 Å². The van der Waals surface area contributed by atoms with Crippen LogP contribution in [-0.4, -0.2) is 12.1 Å². The van der Waals surface area contributed by atoms with Crippen molar-refractivity contribution in [2.75, 3.05) is 0 Å². The van der Waals surface area contributed by atoms with Crippen molar-refractivity contribution in [2.24, 2.45) is 11.3 Å². The van der Waals surface area contributed by atoms with Crippen LogP contribution in [0.25, 0.3) is 0 Å². The zero-order valence-corrected chi connectivity index (χ0v) is 7.15. The van der Waals surface area contributed by atoms with E-state index in [-0.39, 0.29) is 0 Å². The van der Waals surface area contributed by atoms with Crippen molar-refractivity contribution in [2.45, 2.75) is 45.7 Å². The van der Waals surface area contributed by atoms with Crippen LogP contribution in [0.2, 0.25) is 0 Å². The van der Waals surface area contributed by atoms with Crippen LogP contribution in [-0.2, 0) is 0 Å². The molecule has 3 atom stereocenters. The lowest BCUT2D eigenvalue weighted by Gasteiger charge is -2.28. The van der Waals surface area contributed by atoms with Crippen molar-refractivity contribution in [1.82, 2.24) is 5.32 Å². The van der Waals surface area contributed by atoms with Gasteiger partial charge in [0.2, 0.25) is 0 Å². The predicted octanol–water partition coefficient (Wildman–Crippen LogP) is 1.78. The van der Waals surface area contributed by atoms with Crippen LogP contribution in [0.3, 0.4) is 0 Å². The molecule has 0 radical (unpaired) electrons. The maximum atomic E-state index is 3.67. The molecule has 0 bridgehead atoms. The Hall–Kier alpha value is -0.0400. The Kier molecular flexibility index (Phi) is 1.17. The lowest BCUT2D eigenvalue weighted by atomic mass is 9.85. The van der Waals surface area contributed by atoms with Gasteiger partial charge in [-0.15, -0.1) is 0 Å². The number of nitrogens with one attached hydrogen (secondary N) is 1. The van der Waals surface area contributed by atoms with Crippen LogP contribution < -0.4 is 5.32 Å². The molecular weight excluding hydrogens is 122 g/mol. The summed E-state index contributed by atoms with van der Waals surface area (Å²) in [6, 6.07) is 1.69. The zero-order valence-electron chi connectivity index (χ0n) is 7.15. The Morgan fingerprint density at radius 3 is 2.20 bits per heavy atom. The normalized spacial score (nSPS) is 45.3. The third kappa shape index (κ3) is 0.968. The van der Waals surface area contributed by atoms with E-state index in [1.165, 1.54) is 12.8 Å². The van der Waals surface area contributed by atoms with Crippen molar-refractivity contribution in [1.29, 1.82) is 0 Å². The molecule has 2 rings (SSSR count). The number of rotatable bonds is 0. The highest BCUT2D eigenvalue weighted by atomic mass is 15.1. The molecule has 1 aliphatic carbocycles. The van der Waals surface area contributed by atoms with Crippen molar-refractivity contribution in [3.05, 3.63) is 0 Å². The second-order valence-corrected chi connectivity index (χ2v) is 4.92. The fourth-order valence-corrected chi connectivity index (χ4v) is 1.94. The largest absolute Gasteiger partial charge is 0.310 e. The van der Waals surface area contributed by atoms with Crippen LogP contribution in [0.1, 0.15) is 33.6 Å². The topological polar surface area (TPSA) is 12.0 Å². The molecule has 0 amide bonds. The molecule has 1 heteroatoms. The smallest absolute Gasteiger partial charge is 0.0121 e. The van der Waals surface area contributed by atoms with Gasteiger partial charge in [0.25, 0.3) is 0 Å². The van der Waals surface area contributed by atoms with Crippen molar-refractivity contribution in [3.63, 3.8) is 0 Å². The van der Waals surface area contributed by atoms with Crippen LogP contribution in [0.5, 0.6) is 0 Å². The van der Waals surface area contributed by atoms with Gasteiger partial charge in [0.15, 0.2) is 0 Å². The number of hydrogen-bond acceptors (Lipinski definition) is 1. The average molecular weight is 139 g/mol. The number of piperidine rings is 1. The summed E-state index contributed by atoms with van der Waals surface area (Å²) >= 11 is 0. The van der Waals surface area contributed by atoms with E-state index in [2.05, 4.69) is 26.1 Å². The molecule has 10 heavy (non-hydrogen) atoms. The second-order valence-electron chi connectivity index (χ2n) is 4.92. The fourth-order valence-electron chi connectivity index (χ4n) is 1.94. The molecule has 0 aromatic rings. The lowest BCUT2D eigenvalue weighted by Crippen LogP contribution is -2.37. The van der Waals surface area contributed by atoms with Gasteiger partial charge < -0.3 is 5.32 Å². The standard InChI is InChI=1S/C9H17N/c1-9(2,3)8-5-6-4-7(6)10-8/h6-8,10H,4-5H2,1-3H3/t6-,7-,8?/m1/s1. The van der Waals surface area contributed by atoms with Crippen molar-refractivity contribution < 1.29 is 0 Å². The van der Waals surface area contributed by atoms with Gasteiger partial charge in [0, 0.05) is 12.1 Å². The van der Waals surface area contributed by atoms with Gasteiger partial charge in [0.05, 0.1) is 0 Å². The zero-order chi connectivity index (χ0) is 7.35. The van der Waals surface area contributed by atoms with Gasteiger partial charge in [-0.25, -0.2) is 0 Å². The van der Waals surface area contributed by atoms with Gasteiger partial charge in [-0.2, -0.15) is 0 Å². The molecule has 1 nitrogen and oxygen atoms in total. The van der Waals surface area contributed by atoms with E-state index in [0.29, 0.717) is 5.41 Å². The molecule has 0 aromatic carbocycles. The van der Waals surface area contributed by atoms with Crippen molar-refractivity contribution in [3.8, 4) is 0 Å². The summed E-state index contributed by atoms with van der Waals surface area (Å²) < 4.78 is 0. The minimum Gasteiger partial charge on any atom is -0.310 e. The van der Waals surface area contributed by atoms with E-state index in [0.717, 1.165) is 18.0 Å². The third-order valence-corrected chi connectivity index (χ3v) is 2.92. The number of hydrogen-bond donors (Lipinski definition) is 1. The quantitative estimate of drug-likeness (QED) is 0.539. The van der Waals surface area contributed by atoms with Gasteiger partial charge in [0.1, 0.15) is 0 Å². The summed E-state index contributed by atoms with van der Waals surface area (Å²) in [4.78, 5) is 0. The SMILES string of the molecule is CC(C)(C)C1C[C@H]2C[C@H]2N1. The van der Waals surface area contributed by atoms with Gasteiger partial charge >= 0.3 is 0 Å². The minimum atomic E-state index is 0.480. The molecule has 0 spiro atoms. The monoisotopic (exact) mass is 139 g/mol. The fraction of sp³-hybridized carbons (Fsp3) is 1.00. The molecule has 1 saturated carbocycles. The molecule has 1 N–H and O–H groups in total. The second kappa shape index (κ2) is 1.76. The average Bonchev–Trinajstić information content (AvgIpc) is 2.38. The lowest BCUT2D eigenvalue weighted by molar-refractivity contribution is 0.276. The molecule has 0 aromatic heterocycles. The van der Waals surface area contributed by atoms with Crippen LogP contribution in [0.4, 0.5) is 0 Å². The molecule has 2 fully saturated rings. The summed E-state index contributed by atoms with van der Waals surface area (Å²) in [5.41, 5.74) is 0.480. The molecular formula is C9H17N. The summed E-state index contributed by atoms with van der Waals surface area (Å²) in [5.74, 6) is 1.05. The van der Waals surface area contributed by atoms with E-state index >= 15 is 0 Å². The molecule has 1 saturated heterocycles. The predicted molar refractivity (Wildman–Crippen MR) is 42.9 cm³/mol. The van der Waals surface area contributed by atoms with Gasteiger partial charge in [-0.3, -0.25) is 0 Å². The third-order valence-electron chi connectivity index (χ3n) is 2.92. The summed E-state index contributed by atoms with van der Waals surface area (Å²) in [7, 11) is 0. The first-order valence-electron chi connectivity index (χ1n) is 4.33. The van der Waals surface area contributed by atoms with Crippen LogP contribution in [0, 0.1) is 11.3 Å². The van der Waals surface area contributed by atoms with Crippen molar-refractivity contribution >= 4 is 0 Å². The Bertz CT molecular complexity index is 135. The Morgan fingerprint density at radius 1 is 1.20 bits per heavy atom. The first-order chi connectivity index (χ1) is 4.57. The summed E-state index contributed by atoms with van der Waals surface area (Å²) in [5, 5.41) is 3.67. The molecule has 1 aliphatic heterocycles. The van der Waals surface area contributed by atoms with E-state index in [9.17, 15) is 0 Å². The van der Waals surface area contributed by atoms with Gasteiger partial charge in [-0.05, 0) is 24.2 Å².